The van der Waals surface area contributed by atoms with E-state index < -0.39 is 68.3 Å². The van der Waals surface area contributed by atoms with E-state index in [1.807, 2.05) is 30.3 Å². The zero-order valence-electron chi connectivity index (χ0n) is 27.5. The van der Waals surface area contributed by atoms with E-state index in [9.17, 15) is 19.2 Å². The second-order valence-electron chi connectivity index (χ2n) is 12.7. The van der Waals surface area contributed by atoms with Gasteiger partial charge in [-0.3, -0.25) is 4.79 Å². The molecule has 0 aliphatic carbocycles. The first-order valence-corrected chi connectivity index (χ1v) is 18.7. The van der Waals surface area contributed by atoms with E-state index in [1.165, 1.54) is 7.11 Å². The lowest BCUT2D eigenvalue weighted by molar-refractivity contribution is -0.237. The molecule has 0 radical (unpaired) electrons. The molecule has 1 aromatic rings. The highest BCUT2D eigenvalue weighted by Crippen LogP contribution is 2.26. The first kappa shape index (κ1) is 37.7. The average Bonchev–Trinajstić information content (AvgIpc) is 2.94. The number of benzene rings is 1. The van der Waals surface area contributed by atoms with Crippen molar-refractivity contribution in [2.24, 2.45) is 0 Å². The van der Waals surface area contributed by atoms with Crippen molar-refractivity contribution in [2.75, 3.05) is 26.9 Å². The summed E-state index contributed by atoms with van der Waals surface area (Å²) in [7, 11) is -0.0197. The molecule has 0 unspecified atom stereocenters. The maximum absolute atomic E-state index is 13.1. The number of carbonyl (C=O) groups excluding carboxylic acids is 4. The van der Waals surface area contributed by atoms with Crippen molar-refractivity contribution in [3.63, 3.8) is 0 Å². The number of methoxy groups -OCH3 is 1. The maximum Gasteiger partial charge on any atom is 0.408 e. The van der Waals surface area contributed by atoms with Crippen molar-refractivity contribution < 1.29 is 47.6 Å². The largest absolute Gasteiger partial charge is 0.463 e. The first-order chi connectivity index (χ1) is 21.1. The smallest absolute Gasteiger partial charge is 0.408 e. The monoisotopic (exact) mass is 651 g/mol. The molecular formula is C31H49N3O10Si. The molecule has 1 aromatic carbocycles. The van der Waals surface area contributed by atoms with Crippen molar-refractivity contribution in [2.45, 2.75) is 96.2 Å². The van der Waals surface area contributed by atoms with Gasteiger partial charge in [-0.15, -0.1) is 0 Å². The van der Waals surface area contributed by atoms with Crippen LogP contribution in [0.4, 0.5) is 9.59 Å². The van der Waals surface area contributed by atoms with Gasteiger partial charge in [-0.05, 0) is 39.3 Å². The molecule has 5 atom stereocenters. The van der Waals surface area contributed by atoms with Crippen molar-refractivity contribution in [1.82, 2.24) is 16.0 Å². The number of rotatable bonds is 14. The lowest BCUT2D eigenvalue weighted by atomic mass is 9.93. The van der Waals surface area contributed by atoms with Crippen LogP contribution < -0.4 is 16.0 Å². The van der Waals surface area contributed by atoms with E-state index in [2.05, 4.69) is 35.6 Å². The van der Waals surface area contributed by atoms with Crippen molar-refractivity contribution in [3.05, 3.63) is 48.0 Å². The standard InChI is InChI=1S/C31H49N3O10Si/c1-9-40-24(36)16-15-23(35)33-25-22(19-32-29(37)41-17-18-45(6,7)8)43-28(39-5)26(34-30(38)44-31(2,3)4)27(25)42-20-21-13-11-10-12-14-21/h10-16,22,25-28H,9,17-20H2,1-8H3,(H,32,37)(H,33,35)(H,34,38)/b16-15+/t22-,25+,26+,27-,28+/m1/s1. The third kappa shape index (κ3) is 14.5. The summed E-state index contributed by atoms with van der Waals surface area (Å²) < 4.78 is 33.9. The summed E-state index contributed by atoms with van der Waals surface area (Å²) >= 11 is 0. The van der Waals surface area contributed by atoms with Gasteiger partial charge in [0.25, 0.3) is 0 Å². The molecule has 1 aliphatic rings. The minimum absolute atomic E-state index is 0.0947. The van der Waals surface area contributed by atoms with Crippen LogP contribution in [0.5, 0.6) is 0 Å². The number of amides is 3. The van der Waals surface area contributed by atoms with Gasteiger partial charge < -0.3 is 44.4 Å². The molecule has 0 bridgehead atoms. The summed E-state index contributed by atoms with van der Waals surface area (Å²) in [6.45, 7) is 13.8. The van der Waals surface area contributed by atoms with Crippen LogP contribution in [-0.4, -0.2) is 95.2 Å². The van der Waals surface area contributed by atoms with Crippen LogP contribution in [0.15, 0.2) is 42.5 Å². The van der Waals surface area contributed by atoms with Gasteiger partial charge in [-0.1, -0.05) is 50.0 Å². The Labute approximate surface area is 266 Å². The second kappa shape index (κ2) is 17.9. The summed E-state index contributed by atoms with van der Waals surface area (Å²) in [5.41, 5.74) is 0.0398. The number of nitrogens with one attached hydrogen (secondary N) is 3. The van der Waals surface area contributed by atoms with Gasteiger partial charge in [0.2, 0.25) is 5.91 Å². The number of alkyl carbamates (subject to hydrolysis) is 2. The topological polar surface area (TPSA) is 160 Å². The number of hydrogen-bond donors (Lipinski definition) is 3. The molecule has 0 aromatic heterocycles. The number of hydrogen-bond acceptors (Lipinski definition) is 10. The summed E-state index contributed by atoms with van der Waals surface area (Å²) in [4.78, 5) is 50.4. The lowest BCUT2D eigenvalue weighted by Crippen LogP contribution is -2.70. The Balaban J connectivity index is 2.39. The Bertz CT molecular complexity index is 1140. The molecule has 3 amide bonds. The van der Waals surface area contributed by atoms with Gasteiger partial charge in [0.15, 0.2) is 6.29 Å². The molecule has 1 heterocycles. The fraction of sp³-hybridized carbons (Fsp3) is 0.613. The molecule has 45 heavy (non-hydrogen) atoms. The average molecular weight is 652 g/mol. The summed E-state index contributed by atoms with van der Waals surface area (Å²) in [5, 5.41) is 8.29. The van der Waals surface area contributed by atoms with Gasteiger partial charge in [0, 0.05) is 33.9 Å². The van der Waals surface area contributed by atoms with Gasteiger partial charge in [-0.2, -0.15) is 0 Å². The fourth-order valence-electron chi connectivity index (χ4n) is 4.28. The molecular weight excluding hydrogens is 602 g/mol. The van der Waals surface area contributed by atoms with Crippen LogP contribution >= 0.6 is 0 Å². The normalized spacial score (nSPS) is 21.9. The molecule has 3 N–H and O–H groups in total. The molecule has 1 fully saturated rings. The van der Waals surface area contributed by atoms with Crippen LogP contribution in [0.2, 0.25) is 25.7 Å². The highest BCUT2D eigenvalue weighted by atomic mass is 28.3. The minimum atomic E-state index is -1.42. The van der Waals surface area contributed by atoms with E-state index in [-0.39, 0.29) is 26.4 Å². The van der Waals surface area contributed by atoms with Gasteiger partial charge in [0.1, 0.15) is 23.9 Å². The fourth-order valence-corrected chi connectivity index (χ4v) is 5.00. The lowest BCUT2D eigenvalue weighted by Gasteiger charge is -2.46. The number of ether oxygens (including phenoxy) is 6. The molecule has 1 aliphatic heterocycles. The highest BCUT2D eigenvalue weighted by Gasteiger charge is 2.49. The van der Waals surface area contributed by atoms with Gasteiger partial charge in [-0.25, -0.2) is 14.4 Å². The summed E-state index contributed by atoms with van der Waals surface area (Å²) in [6.07, 6.45) is -2.28. The van der Waals surface area contributed by atoms with Crippen molar-refractivity contribution >= 4 is 32.1 Å². The summed E-state index contributed by atoms with van der Waals surface area (Å²) in [5.74, 6) is -1.34. The molecule has 2 rings (SSSR count). The molecule has 0 saturated carbocycles. The minimum Gasteiger partial charge on any atom is -0.463 e. The maximum atomic E-state index is 13.1. The van der Waals surface area contributed by atoms with Crippen LogP contribution in [0.25, 0.3) is 0 Å². The second-order valence-corrected chi connectivity index (χ2v) is 18.3. The van der Waals surface area contributed by atoms with E-state index in [1.54, 1.807) is 27.7 Å². The number of esters is 1. The third-order valence-corrected chi connectivity index (χ3v) is 8.11. The predicted molar refractivity (Wildman–Crippen MR) is 169 cm³/mol. The Morgan fingerprint density at radius 2 is 1.64 bits per heavy atom. The predicted octanol–water partition coefficient (Wildman–Crippen LogP) is 3.50. The van der Waals surface area contributed by atoms with Crippen molar-refractivity contribution in [3.8, 4) is 0 Å². The molecule has 14 heteroatoms. The SMILES string of the molecule is CCOC(=O)/C=C/C(=O)N[C@@H]1[C@@H](OCc2ccccc2)[C@H](NC(=O)OC(C)(C)C)[C@@H](OC)O[C@@H]1CNC(=O)OCC[Si](C)(C)C. The van der Waals surface area contributed by atoms with Crippen LogP contribution in [-0.2, 0) is 44.6 Å². The Hall–Kier alpha value is -3.46. The quantitative estimate of drug-likeness (QED) is 0.118. The zero-order chi connectivity index (χ0) is 33.6. The molecule has 252 valence electrons. The van der Waals surface area contributed by atoms with E-state index in [4.69, 9.17) is 28.4 Å². The molecule has 0 spiro atoms. The van der Waals surface area contributed by atoms with Crippen LogP contribution in [0.1, 0.15) is 33.3 Å². The Kier molecular flexibility index (Phi) is 15.0. The Morgan fingerprint density at radius 1 is 0.956 bits per heavy atom. The first-order valence-electron chi connectivity index (χ1n) is 15.0. The van der Waals surface area contributed by atoms with Crippen molar-refractivity contribution in [1.29, 1.82) is 0 Å². The molecule has 1 saturated heterocycles. The molecule has 13 nitrogen and oxygen atoms in total. The zero-order valence-corrected chi connectivity index (χ0v) is 28.5. The number of carbonyl (C=O) groups is 4. The van der Waals surface area contributed by atoms with Gasteiger partial charge >= 0.3 is 18.2 Å². The Morgan fingerprint density at radius 3 is 2.24 bits per heavy atom. The summed E-state index contributed by atoms with van der Waals surface area (Å²) in [6, 6.07) is 8.20. The third-order valence-electron chi connectivity index (χ3n) is 6.41. The van der Waals surface area contributed by atoms with Crippen LogP contribution in [0, 0.1) is 0 Å². The van der Waals surface area contributed by atoms with Gasteiger partial charge in [0.05, 0.1) is 25.9 Å². The van der Waals surface area contributed by atoms with Crippen LogP contribution in [0.3, 0.4) is 0 Å². The van der Waals surface area contributed by atoms with E-state index in [0.717, 1.165) is 23.8 Å². The van der Waals surface area contributed by atoms with E-state index >= 15 is 0 Å². The highest BCUT2D eigenvalue weighted by molar-refractivity contribution is 6.76. The van der Waals surface area contributed by atoms with E-state index in [0.29, 0.717) is 0 Å².